The molecule has 0 bridgehead atoms. The molecular weight excluding hydrogens is 854 g/mol. The number of phosphoric ester groups is 1. The molecule has 0 aromatic rings. The lowest BCUT2D eigenvalue weighted by Gasteiger charge is -2.28. The Hall–Kier alpha value is -2.06. The second-order valence-corrected chi connectivity index (χ2v) is 21.0. The lowest BCUT2D eigenvalue weighted by Crippen LogP contribution is -2.37. The van der Waals surface area contributed by atoms with Gasteiger partial charge in [-0.3, -0.25) is 9.36 Å². The molecule has 0 saturated heterocycles. The van der Waals surface area contributed by atoms with Gasteiger partial charge < -0.3 is 27.9 Å². The minimum Gasteiger partial charge on any atom is -0.756 e. The molecule has 2 atom stereocenters. The molecule has 0 spiro atoms. The Bertz CT molecular complexity index is 1300. The zero-order valence-electron chi connectivity index (χ0n) is 44.3. The number of esters is 1. The van der Waals surface area contributed by atoms with Crippen molar-refractivity contribution >= 4 is 13.8 Å². The first-order valence-electron chi connectivity index (χ1n) is 27.7. The van der Waals surface area contributed by atoms with E-state index in [9.17, 15) is 14.3 Å². The smallest absolute Gasteiger partial charge is 0.306 e. The van der Waals surface area contributed by atoms with E-state index < -0.39 is 13.9 Å². The van der Waals surface area contributed by atoms with Crippen LogP contribution in [-0.4, -0.2) is 70.7 Å². The Balaban J connectivity index is 4.15. The van der Waals surface area contributed by atoms with Gasteiger partial charge in [-0.15, -0.1) is 0 Å². The summed E-state index contributed by atoms with van der Waals surface area (Å²) in [5.41, 5.74) is 0. The predicted octanol–water partition coefficient (Wildman–Crippen LogP) is 16.8. The van der Waals surface area contributed by atoms with Crippen LogP contribution in [0.15, 0.2) is 72.9 Å². The van der Waals surface area contributed by atoms with E-state index in [1.165, 1.54) is 128 Å². The van der Waals surface area contributed by atoms with E-state index >= 15 is 0 Å². The highest BCUT2D eigenvalue weighted by molar-refractivity contribution is 7.45. The summed E-state index contributed by atoms with van der Waals surface area (Å²) in [7, 11) is 1.34. The van der Waals surface area contributed by atoms with Gasteiger partial charge in [0.25, 0.3) is 7.82 Å². The summed E-state index contributed by atoms with van der Waals surface area (Å²) in [6.07, 6.45) is 66.5. The Morgan fingerprint density at radius 3 is 1.30 bits per heavy atom. The highest BCUT2D eigenvalue weighted by Crippen LogP contribution is 2.38. The molecule has 0 rings (SSSR count). The van der Waals surface area contributed by atoms with E-state index in [1.807, 2.05) is 21.1 Å². The fourth-order valence-corrected chi connectivity index (χ4v) is 8.28. The van der Waals surface area contributed by atoms with E-state index in [0.29, 0.717) is 24.1 Å². The minimum absolute atomic E-state index is 0.0199. The van der Waals surface area contributed by atoms with Crippen LogP contribution >= 0.6 is 7.82 Å². The minimum atomic E-state index is -4.54. The summed E-state index contributed by atoms with van der Waals surface area (Å²) in [5, 5.41) is 0. The molecule has 390 valence electrons. The number of phosphoric acid groups is 1. The van der Waals surface area contributed by atoms with Crippen molar-refractivity contribution in [1.29, 1.82) is 0 Å². The standard InChI is InChI=1S/C58H106NO7P/c1-6-8-10-12-14-16-18-20-22-24-26-28-29-30-32-34-36-38-40-42-44-46-48-50-53-63-55-57(56-65-67(61,62)64-54-52-59(3,4)5)66-58(60)51-49-47-45-43-41-39-37-35-33-31-27-25-23-21-19-17-15-13-11-9-7-2/h8,10,14,16,20,22,26,28,30,32,36,38,57H,6-7,9,11-13,15,17-19,21,23-25,27,29,31,33-35,37,39-56H2,1-5H3/b10-8-,16-14-,22-20-,28-26-,32-30-,38-36-. The number of carbonyl (C=O) groups is 1. The Kier molecular flexibility index (Phi) is 48.8. The van der Waals surface area contributed by atoms with Gasteiger partial charge in [-0.1, -0.05) is 234 Å². The van der Waals surface area contributed by atoms with Crippen molar-refractivity contribution in [3.8, 4) is 0 Å². The molecule has 0 aliphatic rings. The second-order valence-electron chi connectivity index (χ2n) is 19.6. The molecule has 0 aliphatic carbocycles. The summed E-state index contributed by atoms with van der Waals surface area (Å²) < 4.78 is 34.8. The molecule has 9 heteroatoms. The number of likely N-dealkylation sites (N-methyl/N-ethyl adjacent to an activating group) is 1. The van der Waals surface area contributed by atoms with Crippen molar-refractivity contribution in [3.05, 3.63) is 72.9 Å². The van der Waals surface area contributed by atoms with E-state index in [1.54, 1.807) is 0 Å². The number of unbranched alkanes of at least 4 members (excludes halogenated alkanes) is 25. The molecule has 0 N–H and O–H groups in total. The maximum Gasteiger partial charge on any atom is 0.306 e. The molecule has 8 nitrogen and oxygen atoms in total. The van der Waals surface area contributed by atoms with Crippen LogP contribution in [0.25, 0.3) is 0 Å². The molecular formula is C58H106NO7P. The van der Waals surface area contributed by atoms with Crippen molar-refractivity contribution in [2.45, 2.75) is 238 Å². The highest BCUT2D eigenvalue weighted by Gasteiger charge is 2.20. The first-order valence-corrected chi connectivity index (χ1v) is 29.1. The SMILES string of the molecule is CC/C=C\C/C=C\C/C=C\C/C=C\C/C=C\C/C=C\CCCCCCCOCC(COP(=O)([O-])OCC[N+](C)(C)C)OC(=O)CCCCCCCCCCCCCCCCCCCCCCC. The fraction of sp³-hybridized carbons (Fsp3) is 0.776. The van der Waals surface area contributed by atoms with Gasteiger partial charge >= 0.3 is 5.97 Å². The summed E-state index contributed by atoms with van der Waals surface area (Å²) in [4.78, 5) is 25.2. The predicted molar refractivity (Wildman–Crippen MR) is 286 cm³/mol. The van der Waals surface area contributed by atoms with Gasteiger partial charge in [-0.25, -0.2) is 0 Å². The number of rotatable bonds is 51. The molecule has 0 aliphatic heterocycles. The number of hydrogen-bond donors (Lipinski definition) is 0. The van der Waals surface area contributed by atoms with Crippen molar-refractivity contribution in [2.24, 2.45) is 0 Å². The Morgan fingerprint density at radius 2 is 0.866 bits per heavy atom. The topological polar surface area (TPSA) is 94.1 Å². The van der Waals surface area contributed by atoms with Crippen molar-refractivity contribution in [3.63, 3.8) is 0 Å². The third-order valence-corrected chi connectivity index (χ3v) is 12.7. The molecule has 0 radical (unpaired) electrons. The van der Waals surface area contributed by atoms with Crippen LogP contribution in [0, 0.1) is 0 Å². The molecule has 0 fully saturated rings. The van der Waals surface area contributed by atoms with Crippen LogP contribution in [0.3, 0.4) is 0 Å². The number of hydrogen-bond acceptors (Lipinski definition) is 7. The number of allylic oxidation sites excluding steroid dienone is 12. The maximum absolute atomic E-state index is 12.8. The quantitative estimate of drug-likeness (QED) is 0.0197. The third-order valence-electron chi connectivity index (χ3n) is 11.8. The molecule has 2 unspecified atom stereocenters. The molecule has 0 saturated carbocycles. The van der Waals surface area contributed by atoms with Crippen molar-refractivity contribution in [2.75, 3.05) is 54.1 Å². The number of ether oxygens (including phenoxy) is 2. The van der Waals surface area contributed by atoms with E-state index in [4.69, 9.17) is 18.5 Å². The van der Waals surface area contributed by atoms with Crippen LogP contribution < -0.4 is 4.89 Å². The lowest BCUT2D eigenvalue weighted by molar-refractivity contribution is -0.870. The van der Waals surface area contributed by atoms with E-state index in [2.05, 4.69) is 86.8 Å². The van der Waals surface area contributed by atoms with Crippen LogP contribution in [0.5, 0.6) is 0 Å². The van der Waals surface area contributed by atoms with Crippen LogP contribution in [-0.2, 0) is 27.9 Å². The first-order chi connectivity index (χ1) is 32.6. The maximum atomic E-state index is 12.8. The van der Waals surface area contributed by atoms with Gasteiger partial charge in [0.1, 0.15) is 19.3 Å². The number of carbonyl (C=O) groups excluding carboxylic acids is 1. The van der Waals surface area contributed by atoms with Crippen LogP contribution in [0.4, 0.5) is 0 Å². The lowest BCUT2D eigenvalue weighted by atomic mass is 10.0. The first kappa shape index (κ1) is 64.9. The molecule has 0 amide bonds. The monoisotopic (exact) mass is 960 g/mol. The number of quaternary nitrogens is 1. The molecule has 67 heavy (non-hydrogen) atoms. The van der Waals surface area contributed by atoms with Crippen LogP contribution in [0.2, 0.25) is 0 Å². The zero-order chi connectivity index (χ0) is 49.0. The Morgan fingerprint density at radius 1 is 0.478 bits per heavy atom. The second kappa shape index (κ2) is 50.3. The molecule has 0 heterocycles. The molecule has 0 aromatic heterocycles. The van der Waals surface area contributed by atoms with E-state index in [-0.39, 0.29) is 25.8 Å². The average molecular weight is 960 g/mol. The number of nitrogens with zero attached hydrogens (tertiary/aromatic N) is 1. The summed E-state index contributed by atoms with van der Waals surface area (Å²) in [6, 6.07) is 0. The fourth-order valence-electron chi connectivity index (χ4n) is 7.55. The largest absolute Gasteiger partial charge is 0.756 e. The highest BCUT2D eigenvalue weighted by atomic mass is 31.2. The summed E-state index contributed by atoms with van der Waals surface area (Å²) >= 11 is 0. The third kappa shape index (κ3) is 54.7. The van der Waals surface area contributed by atoms with Gasteiger partial charge in [0, 0.05) is 13.0 Å². The zero-order valence-corrected chi connectivity index (χ0v) is 45.2. The summed E-state index contributed by atoms with van der Waals surface area (Å²) in [5.74, 6) is -0.339. The van der Waals surface area contributed by atoms with Crippen molar-refractivity contribution < 1.29 is 37.3 Å². The van der Waals surface area contributed by atoms with Gasteiger partial charge in [-0.05, 0) is 64.2 Å². The van der Waals surface area contributed by atoms with Gasteiger partial charge in [0.05, 0.1) is 34.4 Å². The van der Waals surface area contributed by atoms with Crippen LogP contribution in [0.1, 0.15) is 232 Å². The Labute approximate surface area is 414 Å². The van der Waals surface area contributed by atoms with Gasteiger partial charge in [0.15, 0.2) is 0 Å². The molecule has 0 aromatic carbocycles. The summed E-state index contributed by atoms with van der Waals surface area (Å²) in [6.45, 7) is 5.28. The average Bonchev–Trinajstić information content (AvgIpc) is 3.29. The van der Waals surface area contributed by atoms with Crippen molar-refractivity contribution in [1.82, 2.24) is 0 Å². The normalized spacial score (nSPS) is 14.1. The van der Waals surface area contributed by atoms with E-state index in [0.717, 1.165) is 83.5 Å². The van der Waals surface area contributed by atoms with Gasteiger partial charge in [-0.2, -0.15) is 0 Å². The van der Waals surface area contributed by atoms with Gasteiger partial charge in [0.2, 0.25) is 0 Å².